The Morgan fingerprint density at radius 3 is 2.75 bits per heavy atom. The number of hydrogen-bond donors (Lipinski definition) is 2. The molecule has 28 heavy (non-hydrogen) atoms. The highest BCUT2D eigenvalue weighted by Gasteiger charge is 2.39. The van der Waals surface area contributed by atoms with Gasteiger partial charge in [-0.1, -0.05) is 6.07 Å². The van der Waals surface area contributed by atoms with Crippen molar-refractivity contribution in [2.45, 2.75) is 59.0 Å². The van der Waals surface area contributed by atoms with Crippen LogP contribution in [0.5, 0.6) is 11.5 Å². The number of carbonyl (C=O) groups is 2. The quantitative estimate of drug-likeness (QED) is 0.752. The number of aromatic hydroxyl groups is 1. The van der Waals surface area contributed by atoms with Crippen LogP contribution in [0.4, 0.5) is 0 Å². The summed E-state index contributed by atoms with van der Waals surface area (Å²) in [5, 5.41) is 13.3. The second kappa shape index (κ2) is 8.09. The molecule has 150 valence electrons. The Kier molecular flexibility index (Phi) is 5.77. The number of ketones is 1. The van der Waals surface area contributed by atoms with E-state index in [1.165, 1.54) is 6.07 Å². The van der Waals surface area contributed by atoms with Gasteiger partial charge in [0.1, 0.15) is 0 Å². The molecule has 0 unspecified atom stereocenters. The maximum absolute atomic E-state index is 12.9. The van der Waals surface area contributed by atoms with Gasteiger partial charge in [0.2, 0.25) is 0 Å². The van der Waals surface area contributed by atoms with E-state index >= 15 is 0 Å². The number of nitrogens with one attached hydrogen (secondary N) is 1. The number of rotatable bonds is 5. The number of ether oxygens (including phenoxy) is 2. The summed E-state index contributed by atoms with van der Waals surface area (Å²) >= 11 is 0. The first-order valence-electron chi connectivity index (χ1n) is 9.74. The third kappa shape index (κ3) is 3.77. The molecule has 0 saturated heterocycles. The molecule has 1 atom stereocenters. The maximum Gasteiger partial charge on any atom is 0.337 e. The van der Waals surface area contributed by atoms with E-state index in [1.807, 2.05) is 13.8 Å². The van der Waals surface area contributed by atoms with Crippen molar-refractivity contribution >= 4 is 11.8 Å². The van der Waals surface area contributed by atoms with Gasteiger partial charge in [-0.05, 0) is 58.2 Å². The molecule has 3 rings (SSSR count). The van der Waals surface area contributed by atoms with Gasteiger partial charge in [0, 0.05) is 29.3 Å². The van der Waals surface area contributed by atoms with Crippen molar-refractivity contribution < 1.29 is 24.2 Å². The predicted octanol–water partition coefficient (Wildman–Crippen LogP) is 3.71. The Bertz CT molecular complexity index is 866. The van der Waals surface area contributed by atoms with Gasteiger partial charge < -0.3 is 19.9 Å². The minimum atomic E-state index is -0.546. The van der Waals surface area contributed by atoms with Gasteiger partial charge >= 0.3 is 5.97 Å². The van der Waals surface area contributed by atoms with Crippen LogP contribution >= 0.6 is 0 Å². The van der Waals surface area contributed by atoms with Crippen LogP contribution in [-0.4, -0.2) is 29.6 Å². The summed E-state index contributed by atoms with van der Waals surface area (Å²) < 4.78 is 11.0. The second-order valence-corrected chi connectivity index (χ2v) is 7.38. The lowest BCUT2D eigenvalue weighted by atomic mass is 9.75. The molecule has 6 nitrogen and oxygen atoms in total. The lowest BCUT2D eigenvalue weighted by molar-refractivity contribution is -0.143. The number of Topliss-reactive ketones (excluding diaryl/α,β-unsaturated/α-hetero) is 1. The van der Waals surface area contributed by atoms with E-state index in [0.29, 0.717) is 35.6 Å². The third-order valence-electron chi connectivity index (χ3n) is 4.96. The fraction of sp³-hybridized carbons (Fsp3) is 0.455. The molecule has 2 aliphatic rings. The molecule has 0 amide bonds. The van der Waals surface area contributed by atoms with Gasteiger partial charge in [-0.25, -0.2) is 4.79 Å². The molecule has 1 aliphatic carbocycles. The Labute approximate surface area is 165 Å². The molecule has 1 aliphatic heterocycles. The monoisotopic (exact) mass is 385 g/mol. The summed E-state index contributed by atoms with van der Waals surface area (Å²) in [6, 6.07) is 4.98. The smallest absolute Gasteiger partial charge is 0.337 e. The Hall–Kier alpha value is -2.76. The zero-order chi connectivity index (χ0) is 20.4. The van der Waals surface area contributed by atoms with Gasteiger partial charge in [0.25, 0.3) is 0 Å². The molecule has 1 heterocycles. The van der Waals surface area contributed by atoms with Crippen molar-refractivity contribution in [2.75, 3.05) is 6.61 Å². The van der Waals surface area contributed by atoms with E-state index in [4.69, 9.17) is 9.47 Å². The lowest BCUT2D eigenvalue weighted by Crippen LogP contribution is -2.34. The summed E-state index contributed by atoms with van der Waals surface area (Å²) in [6.45, 7) is 7.65. The van der Waals surface area contributed by atoms with E-state index < -0.39 is 11.9 Å². The largest absolute Gasteiger partial charge is 0.504 e. The highest BCUT2D eigenvalue weighted by atomic mass is 16.5. The molecule has 0 spiro atoms. The van der Waals surface area contributed by atoms with Gasteiger partial charge in [-0.15, -0.1) is 0 Å². The van der Waals surface area contributed by atoms with Gasteiger partial charge in [-0.3, -0.25) is 4.79 Å². The minimum absolute atomic E-state index is 0.0238. The van der Waals surface area contributed by atoms with Crippen molar-refractivity contribution in [3.63, 3.8) is 0 Å². The van der Waals surface area contributed by atoms with Crippen LogP contribution in [0.1, 0.15) is 58.4 Å². The number of phenols is 1. The fourth-order valence-corrected chi connectivity index (χ4v) is 3.85. The van der Waals surface area contributed by atoms with E-state index in [0.717, 1.165) is 24.1 Å². The minimum Gasteiger partial charge on any atom is -0.504 e. The molecular weight excluding hydrogens is 358 g/mol. The average Bonchev–Trinajstić information content (AvgIpc) is 2.62. The summed E-state index contributed by atoms with van der Waals surface area (Å²) in [6.07, 6.45) is 1.73. The van der Waals surface area contributed by atoms with Crippen molar-refractivity contribution in [1.29, 1.82) is 0 Å². The van der Waals surface area contributed by atoms with Gasteiger partial charge in [0.15, 0.2) is 17.3 Å². The number of esters is 1. The summed E-state index contributed by atoms with van der Waals surface area (Å²) in [5.41, 5.74) is 3.32. The van der Waals surface area contributed by atoms with Crippen LogP contribution in [0.2, 0.25) is 0 Å². The topological polar surface area (TPSA) is 84.9 Å². The summed E-state index contributed by atoms with van der Waals surface area (Å²) in [4.78, 5) is 25.8. The average molecular weight is 385 g/mol. The van der Waals surface area contributed by atoms with Gasteiger partial charge in [0.05, 0.1) is 18.3 Å². The fourth-order valence-electron chi connectivity index (χ4n) is 3.85. The van der Waals surface area contributed by atoms with E-state index in [2.05, 4.69) is 5.32 Å². The molecule has 0 aromatic heterocycles. The number of benzene rings is 1. The number of carbonyl (C=O) groups excluding carboxylic acids is 2. The molecule has 0 saturated carbocycles. The van der Waals surface area contributed by atoms with Crippen LogP contribution < -0.4 is 10.1 Å². The van der Waals surface area contributed by atoms with Crippen LogP contribution in [0.25, 0.3) is 0 Å². The standard InChI is InChI=1S/C22H27NO5/c1-5-27-18-11-14(9-10-16(18)24)20-19(22(26)28-12(2)3)13(4)23-15-7-6-8-17(25)21(15)20/h9-12,20,23-24H,5-8H2,1-4H3/t20-/m1/s1. The first-order chi connectivity index (χ1) is 13.3. The molecule has 2 N–H and O–H groups in total. The molecule has 1 aromatic carbocycles. The molecule has 1 aromatic rings. The van der Waals surface area contributed by atoms with Crippen LogP contribution in [0.3, 0.4) is 0 Å². The van der Waals surface area contributed by atoms with Crippen LogP contribution in [-0.2, 0) is 14.3 Å². The number of allylic oxidation sites excluding steroid dienone is 3. The van der Waals surface area contributed by atoms with E-state index in [9.17, 15) is 14.7 Å². The van der Waals surface area contributed by atoms with E-state index in [1.54, 1.807) is 26.0 Å². The highest BCUT2D eigenvalue weighted by Crippen LogP contribution is 2.44. The van der Waals surface area contributed by atoms with Crippen LogP contribution in [0.15, 0.2) is 40.7 Å². The van der Waals surface area contributed by atoms with Crippen LogP contribution in [0, 0.1) is 0 Å². The maximum atomic E-state index is 12.9. The van der Waals surface area contributed by atoms with Gasteiger partial charge in [-0.2, -0.15) is 0 Å². The Morgan fingerprint density at radius 1 is 1.32 bits per heavy atom. The SMILES string of the molecule is CCOc1cc([C@@H]2C(C(=O)OC(C)C)=C(C)NC3=C2C(=O)CCC3)ccc1O. The van der Waals surface area contributed by atoms with Crippen molar-refractivity contribution in [1.82, 2.24) is 5.32 Å². The molecule has 6 heteroatoms. The molecular formula is C22H27NO5. The zero-order valence-corrected chi connectivity index (χ0v) is 16.8. The molecule has 0 radical (unpaired) electrons. The number of phenolic OH excluding ortho intramolecular Hbond substituents is 1. The van der Waals surface area contributed by atoms with E-state index in [-0.39, 0.29) is 17.6 Å². The zero-order valence-electron chi connectivity index (χ0n) is 16.8. The van der Waals surface area contributed by atoms with Crippen molar-refractivity contribution in [3.8, 4) is 11.5 Å². The number of hydrogen-bond acceptors (Lipinski definition) is 6. The summed E-state index contributed by atoms with van der Waals surface area (Å²) in [5.74, 6) is -0.600. The Morgan fingerprint density at radius 2 is 2.07 bits per heavy atom. The molecule has 0 bridgehead atoms. The Balaban J connectivity index is 2.16. The van der Waals surface area contributed by atoms with Crippen molar-refractivity contribution in [2.24, 2.45) is 0 Å². The lowest BCUT2D eigenvalue weighted by Gasteiger charge is -2.34. The van der Waals surface area contributed by atoms with Crippen molar-refractivity contribution in [3.05, 3.63) is 46.3 Å². The normalized spacial score (nSPS) is 19.5. The molecule has 0 fully saturated rings. The predicted molar refractivity (Wildman–Crippen MR) is 105 cm³/mol. The second-order valence-electron chi connectivity index (χ2n) is 7.38. The number of dihydropyridines is 1. The third-order valence-corrected chi connectivity index (χ3v) is 4.96. The summed E-state index contributed by atoms with van der Waals surface area (Å²) in [7, 11) is 0. The first-order valence-corrected chi connectivity index (χ1v) is 9.74. The highest BCUT2D eigenvalue weighted by molar-refractivity contribution is 6.03. The first kappa shape index (κ1) is 20.0.